The van der Waals surface area contributed by atoms with Gasteiger partial charge in [0.25, 0.3) is 0 Å². The quantitative estimate of drug-likeness (QED) is 0.916. The maximum atomic E-state index is 13.5. The van der Waals surface area contributed by atoms with Crippen LogP contribution in [0, 0.1) is 5.82 Å². The van der Waals surface area contributed by atoms with Crippen molar-refractivity contribution in [2.75, 3.05) is 26.2 Å². The first-order chi connectivity index (χ1) is 9.76. The fourth-order valence-corrected chi connectivity index (χ4v) is 3.57. The van der Waals surface area contributed by atoms with Crippen LogP contribution in [-0.4, -0.2) is 42.0 Å². The van der Waals surface area contributed by atoms with Crippen LogP contribution >= 0.6 is 0 Å². The molecule has 2 aliphatic rings. The van der Waals surface area contributed by atoms with E-state index in [1.807, 2.05) is 12.1 Å². The second-order valence-corrected chi connectivity index (χ2v) is 6.05. The van der Waals surface area contributed by atoms with Crippen molar-refractivity contribution < 1.29 is 4.39 Å². The molecular formula is C16H24FN3. The van der Waals surface area contributed by atoms with Crippen molar-refractivity contribution in [2.24, 2.45) is 5.73 Å². The van der Waals surface area contributed by atoms with Gasteiger partial charge in [0.2, 0.25) is 0 Å². The van der Waals surface area contributed by atoms with E-state index in [1.54, 1.807) is 6.07 Å². The monoisotopic (exact) mass is 277 g/mol. The lowest BCUT2D eigenvalue weighted by Gasteiger charge is -2.25. The zero-order valence-electron chi connectivity index (χ0n) is 12.0. The van der Waals surface area contributed by atoms with Gasteiger partial charge < -0.3 is 5.73 Å². The van der Waals surface area contributed by atoms with E-state index >= 15 is 0 Å². The maximum Gasteiger partial charge on any atom is 0.127 e. The molecule has 3 nitrogen and oxygen atoms in total. The number of rotatable bonds is 3. The molecule has 1 atom stereocenters. The summed E-state index contributed by atoms with van der Waals surface area (Å²) in [6.07, 6.45) is 3.90. The predicted octanol–water partition coefficient (Wildman–Crippen LogP) is 1.95. The summed E-state index contributed by atoms with van der Waals surface area (Å²) in [5.41, 5.74) is 7.39. The minimum Gasteiger partial charge on any atom is -0.326 e. The van der Waals surface area contributed by atoms with E-state index in [1.165, 1.54) is 37.9 Å². The fraction of sp³-hybridized carbons (Fsp3) is 0.625. The molecule has 1 aromatic carbocycles. The third-order valence-corrected chi connectivity index (χ3v) is 4.62. The lowest BCUT2D eigenvalue weighted by molar-refractivity contribution is 0.215. The van der Waals surface area contributed by atoms with Crippen LogP contribution in [0.1, 0.15) is 30.4 Å². The Labute approximate surface area is 120 Å². The zero-order valence-corrected chi connectivity index (χ0v) is 12.0. The van der Waals surface area contributed by atoms with E-state index in [4.69, 9.17) is 5.73 Å². The molecule has 110 valence electrons. The average Bonchev–Trinajstić information content (AvgIpc) is 2.80. The Hall–Kier alpha value is -0.970. The Kier molecular flexibility index (Phi) is 4.34. The molecule has 2 heterocycles. The molecule has 0 aliphatic carbocycles. The number of fused-ring (bicyclic) bond motifs is 1. The van der Waals surface area contributed by atoms with Gasteiger partial charge in [-0.3, -0.25) is 9.80 Å². The summed E-state index contributed by atoms with van der Waals surface area (Å²) in [5, 5.41) is 0. The van der Waals surface area contributed by atoms with Crippen LogP contribution < -0.4 is 5.73 Å². The second kappa shape index (κ2) is 6.20. The van der Waals surface area contributed by atoms with E-state index in [9.17, 15) is 4.39 Å². The molecule has 0 bridgehead atoms. The van der Waals surface area contributed by atoms with Gasteiger partial charge >= 0.3 is 0 Å². The molecule has 0 spiro atoms. The van der Waals surface area contributed by atoms with Gasteiger partial charge in [-0.15, -0.1) is 0 Å². The van der Waals surface area contributed by atoms with Gasteiger partial charge in [-0.2, -0.15) is 0 Å². The minimum absolute atomic E-state index is 0.186. The van der Waals surface area contributed by atoms with Crippen molar-refractivity contribution in [3.05, 3.63) is 35.1 Å². The van der Waals surface area contributed by atoms with E-state index in [-0.39, 0.29) is 12.4 Å². The molecule has 1 unspecified atom stereocenters. The summed E-state index contributed by atoms with van der Waals surface area (Å²) in [6.45, 7) is 5.98. The Bertz CT molecular complexity index is 463. The first kappa shape index (κ1) is 14.0. The van der Waals surface area contributed by atoms with E-state index in [0.717, 1.165) is 25.7 Å². The number of benzene rings is 1. The highest BCUT2D eigenvalue weighted by atomic mass is 19.1. The third-order valence-electron chi connectivity index (χ3n) is 4.62. The van der Waals surface area contributed by atoms with Crippen molar-refractivity contribution >= 4 is 0 Å². The van der Waals surface area contributed by atoms with Crippen molar-refractivity contribution in [3.8, 4) is 0 Å². The molecule has 2 N–H and O–H groups in total. The molecule has 0 radical (unpaired) electrons. The summed E-state index contributed by atoms with van der Waals surface area (Å²) in [5.74, 6) is -0.186. The smallest absolute Gasteiger partial charge is 0.127 e. The SMILES string of the molecule is NCc1cc(CN2CCCN3CCCC3C2)ccc1F. The summed E-state index contributed by atoms with van der Waals surface area (Å²) >= 11 is 0. The van der Waals surface area contributed by atoms with Crippen LogP contribution in [-0.2, 0) is 13.1 Å². The van der Waals surface area contributed by atoms with Gasteiger partial charge in [-0.25, -0.2) is 4.39 Å². The molecule has 2 fully saturated rings. The molecule has 2 aliphatic heterocycles. The summed E-state index contributed by atoms with van der Waals surface area (Å²) < 4.78 is 13.5. The standard InChI is InChI=1S/C16H24FN3/c17-16-5-4-13(9-14(16)10-18)11-19-6-2-8-20-7-1-3-15(20)12-19/h4-5,9,15H,1-3,6-8,10-12,18H2. The van der Waals surface area contributed by atoms with Gasteiger partial charge in [0, 0.05) is 31.2 Å². The Balaban J connectivity index is 1.67. The molecule has 4 heteroatoms. The van der Waals surface area contributed by atoms with Crippen LogP contribution in [0.15, 0.2) is 18.2 Å². The van der Waals surface area contributed by atoms with Gasteiger partial charge in [-0.05, 0) is 50.5 Å². The van der Waals surface area contributed by atoms with E-state index in [0.29, 0.717) is 5.56 Å². The number of hydrogen-bond donors (Lipinski definition) is 1. The molecule has 3 rings (SSSR count). The van der Waals surface area contributed by atoms with Crippen molar-refractivity contribution in [3.63, 3.8) is 0 Å². The third kappa shape index (κ3) is 3.03. The molecule has 2 saturated heterocycles. The average molecular weight is 277 g/mol. The summed E-state index contributed by atoms with van der Waals surface area (Å²) in [4.78, 5) is 5.15. The number of nitrogens with two attached hydrogens (primary N) is 1. The Morgan fingerprint density at radius 1 is 1.20 bits per heavy atom. The topological polar surface area (TPSA) is 32.5 Å². The van der Waals surface area contributed by atoms with Gasteiger partial charge in [0.05, 0.1) is 0 Å². The second-order valence-electron chi connectivity index (χ2n) is 6.05. The first-order valence-corrected chi connectivity index (χ1v) is 7.70. The zero-order chi connectivity index (χ0) is 13.9. The van der Waals surface area contributed by atoms with Gasteiger partial charge in [0.15, 0.2) is 0 Å². The van der Waals surface area contributed by atoms with E-state index in [2.05, 4.69) is 9.80 Å². The lowest BCUT2D eigenvalue weighted by atomic mass is 10.1. The maximum absolute atomic E-state index is 13.5. The van der Waals surface area contributed by atoms with Crippen LogP contribution in [0.4, 0.5) is 4.39 Å². The first-order valence-electron chi connectivity index (χ1n) is 7.70. The molecule has 0 aromatic heterocycles. The van der Waals surface area contributed by atoms with Crippen molar-refractivity contribution in [1.82, 2.24) is 9.80 Å². The van der Waals surface area contributed by atoms with Gasteiger partial charge in [0.1, 0.15) is 5.82 Å². The highest BCUT2D eigenvalue weighted by molar-refractivity contribution is 5.25. The van der Waals surface area contributed by atoms with Crippen LogP contribution in [0.5, 0.6) is 0 Å². The Morgan fingerprint density at radius 2 is 2.05 bits per heavy atom. The molecule has 0 saturated carbocycles. The molecule has 1 aromatic rings. The Morgan fingerprint density at radius 3 is 2.90 bits per heavy atom. The van der Waals surface area contributed by atoms with Crippen LogP contribution in [0.3, 0.4) is 0 Å². The van der Waals surface area contributed by atoms with Crippen molar-refractivity contribution in [2.45, 2.75) is 38.4 Å². The summed E-state index contributed by atoms with van der Waals surface area (Å²) in [7, 11) is 0. The molecule has 0 amide bonds. The molecule has 20 heavy (non-hydrogen) atoms. The van der Waals surface area contributed by atoms with Crippen LogP contribution in [0.25, 0.3) is 0 Å². The number of hydrogen-bond acceptors (Lipinski definition) is 3. The normalized spacial score (nSPS) is 24.6. The number of halogens is 1. The van der Waals surface area contributed by atoms with Crippen LogP contribution in [0.2, 0.25) is 0 Å². The molecular weight excluding hydrogens is 253 g/mol. The lowest BCUT2D eigenvalue weighted by Crippen LogP contribution is -2.36. The largest absolute Gasteiger partial charge is 0.326 e. The highest BCUT2D eigenvalue weighted by Gasteiger charge is 2.28. The van der Waals surface area contributed by atoms with E-state index < -0.39 is 0 Å². The highest BCUT2D eigenvalue weighted by Crippen LogP contribution is 2.22. The fourth-order valence-electron chi connectivity index (χ4n) is 3.57. The predicted molar refractivity (Wildman–Crippen MR) is 78.8 cm³/mol. The van der Waals surface area contributed by atoms with Crippen molar-refractivity contribution in [1.29, 1.82) is 0 Å². The summed E-state index contributed by atoms with van der Waals surface area (Å²) in [6, 6.07) is 6.10. The van der Waals surface area contributed by atoms with Gasteiger partial charge in [-0.1, -0.05) is 12.1 Å². The number of nitrogens with zero attached hydrogens (tertiary/aromatic N) is 2. The minimum atomic E-state index is -0.186.